The van der Waals surface area contributed by atoms with Crippen molar-refractivity contribution < 1.29 is 24.5 Å². The number of unbranched alkanes of at least 4 members (excludes halogenated alkanes) is 4. The summed E-state index contributed by atoms with van der Waals surface area (Å²) in [7, 11) is 0. The Hall–Kier alpha value is -1.10. The predicted octanol–water partition coefficient (Wildman–Crippen LogP) is 2.12. The Morgan fingerprint density at radius 1 is 1.12 bits per heavy atom. The van der Waals surface area contributed by atoms with Crippen LogP contribution in [0.1, 0.15) is 58.8 Å². The van der Waals surface area contributed by atoms with Crippen molar-refractivity contribution in [3.05, 3.63) is 0 Å². The molecule has 0 aliphatic carbocycles. The number of carbonyl (C=O) groups is 2. The van der Waals surface area contributed by atoms with Gasteiger partial charge in [-0.05, 0) is 6.42 Å². The summed E-state index contributed by atoms with van der Waals surface area (Å²) in [5.41, 5.74) is 0. The highest BCUT2D eigenvalue weighted by Crippen LogP contribution is 2.09. The first-order valence-corrected chi connectivity index (χ1v) is 6.12. The Balaban J connectivity index is 3.47. The van der Waals surface area contributed by atoms with Crippen LogP contribution in [0.2, 0.25) is 0 Å². The third-order valence-electron chi connectivity index (χ3n) is 2.30. The topological polar surface area (TPSA) is 72.8 Å². The molecule has 0 aromatic rings. The van der Waals surface area contributed by atoms with Gasteiger partial charge in [0, 0.05) is 6.92 Å². The molecular weight excluding hydrogens is 224 g/mol. The summed E-state index contributed by atoms with van der Waals surface area (Å²) in [6.07, 6.45) is 5.19. The minimum absolute atomic E-state index is 0.138. The average molecular weight is 246 g/mol. The van der Waals surface area contributed by atoms with Crippen LogP contribution < -0.4 is 0 Å². The molecule has 0 aliphatic heterocycles. The van der Waals surface area contributed by atoms with E-state index in [1.807, 2.05) is 0 Å². The molecule has 1 atom stereocenters. The van der Waals surface area contributed by atoms with Crippen molar-refractivity contribution in [3.8, 4) is 0 Å². The highest BCUT2D eigenvalue weighted by Gasteiger charge is 2.13. The van der Waals surface area contributed by atoms with Gasteiger partial charge in [-0.2, -0.15) is 0 Å². The van der Waals surface area contributed by atoms with E-state index in [2.05, 4.69) is 16.7 Å². The van der Waals surface area contributed by atoms with Gasteiger partial charge >= 0.3 is 11.9 Å². The van der Waals surface area contributed by atoms with Crippen LogP contribution in [0.3, 0.4) is 0 Å². The lowest BCUT2D eigenvalue weighted by atomic mass is 10.1. The zero-order valence-electron chi connectivity index (χ0n) is 10.6. The van der Waals surface area contributed by atoms with E-state index in [0.717, 1.165) is 26.2 Å². The molecule has 1 N–H and O–H groups in total. The van der Waals surface area contributed by atoms with E-state index < -0.39 is 18.0 Å². The smallest absolute Gasteiger partial charge is 0.358 e. The fraction of sp³-hybridized carbons (Fsp3) is 0.833. The van der Waals surface area contributed by atoms with Gasteiger partial charge in [0.05, 0.1) is 12.5 Å². The van der Waals surface area contributed by atoms with Crippen LogP contribution in [-0.4, -0.2) is 23.1 Å². The minimum Gasteiger partial charge on any atom is -0.393 e. The summed E-state index contributed by atoms with van der Waals surface area (Å²) in [4.78, 5) is 29.6. The van der Waals surface area contributed by atoms with Crippen molar-refractivity contribution in [1.29, 1.82) is 0 Å². The summed E-state index contributed by atoms with van der Waals surface area (Å²) in [6, 6.07) is 0. The number of aliphatic hydroxyl groups excluding tert-OH is 1. The highest BCUT2D eigenvalue weighted by atomic mass is 17.2. The van der Waals surface area contributed by atoms with Gasteiger partial charge in [0.15, 0.2) is 0 Å². The van der Waals surface area contributed by atoms with Crippen LogP contribution >= 0.6 is 0 Å². The Bertz CT molecular complexity index is 227. The summed E-state index contributed by atoms with van der Waals surface area (Å²) in [6.45, 7) is 3.28. The molecular formula is C12H22O5. The maximum Gasteiger partial charge on any atom is 0.358 e. The van der Waals surface area contributed by atoms with E-state index in [4.69, 9.17) is 0 Å². The Morgan fingerprint density at radius 2 is 1.76 bits per heavy atom. The number of hydrogen-bond donors (Lipinski definition) is 1. The van der Waals surface area contributed by atoms with Gasteiger partial charge in [-0.25, -0.2) is 19.4 Å². The molecule has 0 radical (unpaired) electrons. The van der Waals surface area contributed by atoms with Crippen LogP contribution in [0.25, 0.3) is 0 Å². The molecule has 0 spiro atoms. The standard InChI is InChI=1S/C12H22O5/c1-3-4-5-6-7-8-11(14)9-12(15)17-16-10(2)13/h11,14H,3-9H2,1-2H3. The van der Waals surface area contributed by atoms with E-state index in [9.17, 15) is 14.7 Å². The lowest BCUT2D eigenvalue weighted by Gasteiger charge is -2.08. The molecule has 1 unspecified atom stereocenters. The van der Waals surface area contributed by atoms with E-state index in [1.54, 1.807) is 0 Å². The summed E-state index contributed by atoms with van der Waals surface area (Å²) < 4.78 is 0. The minimum atomic E-state index is -0.723. The van der Waals surface area contributed by atoms with Crippen molar-refractivity contribution >= 4 is 11.9 Å². The van der Waals surface area contributed by atoms with Gasteiger partial charge in [0.1, 0.15) is 0 Å². The maximum absolute atomic E-state index is 11.0. The van der Waals surface area contributed by atoms with Gasteiger partial charge in [-0.1, -0.05) is 39.0 Å². The molecule has 0 fully saturated rings. The molecule has 100 valence electrons. The maximum atomic E-state index is 11.0. The first kappa shape index (κ1) is 15.9. The molecule has 0 aromatic carbocycles. The molecule has 0 aromatic heterocycles. The Kier molecular flexibility index (Phi) is 9.43. The van der Waals surface area contributed by atoms with Gasteiger partial charge in [-0.15, -0.1) is 0 Å². The van der Waals surface area contributed by atoms with Crippen LogP contribution in [0, 0.1) is 0 Å². The quantitative estimate of drug-likeness (QED) is 0.403. The highest BCUT2D eigenvalue weighted by molar-refractivity contribution is 5.71. The molecule has 0 bridgehead atoms. The largest absolute Gasteiger partial charge is 0.393 e. The number of carbonyl (C=O) groups excluding carboxylic acids is 2. The first-order chi connectivity index (χ1) is 8.06. The van der Waals surface area contributed by atoms with Crippen molar-refractivity contribution in [2.75, 3.05) is 0 Å². The van der Waals surface area contributed by atoms with Gasteiger partial charge < -0.3 is 5.11 Å². The van der Waals surface area contributed by atoms with Crippen LogP contribution in [0.15, 0.2) is 0 Å². The summed E-state index contributed by atoms with van der Waals surface area (Å²) >= 11 is 0. The number of rotatable bonds is 8. The van der Waals surface area contributed by atoms with E-state index in [1.165, 1.54) is 12.8 Å². The van der Waals surface area contributed by atoms with E-state index in [0.29, 0.717) is 6.42 Å². The SMILES string of the molecule is CCCCCCCC(O)CC(=O)OOC(C)=O. The van der Waals surface area contributed by atoms with E-state index >= 15 is 0 Å². The van der Waals surface area contributed by atoms with Gasteiger partial charge in [-0.3, -0.25) is 0 Å². The second-order valence-electron chi connectivity index (χ2n) is 4.09. The van der Waals surface area contributed by atoms with Crippen molar-refractivity contribution in [2.45, 2.75) is 64.9 Å². The molecule has 0 saturated heterocycles. The normalized spacial score (nSPS) is 11.9. The zero-order chi connectivity index (χ0) is 13.1. The van der Waals surface area contributed by atoms with Crippen molar-refractivity contribution in [3.63, 3.8) is 0 Å². The molecule has 0 heterocycles. The van der Waals surface area contributed by atoms with E-state index in [-0.39, 0.29) is 6.42 Å². The number of hydrogen-bond acceptors (Lipinski definition) is 5. The second-order valence-corrected chi connectivity index (χ2v) is 4.09. The molecule has 17 heavy (non-hydrogen) atoms. The van der Waals surface area contributed by atoms with Gasteiger partial charge in [0.2, 0.25) is 0 Å². The number of aliphatic hydroxyl groups is 1. The zero-order valence-corrected chi connectivity index (χ0v) is 10.6. The molecule has 0 aliphatic rings. The molecule has 0 saturated carbocycles. The molecule has 5 heteroatoms. The Labute approximate surface area is 102 Å². The van der Waals surface area contributed by atoms with Crippen LogP contribution in [0.5, 0.6) is 0 Å². The van der Waals surface area contributed by atoms with Crippen molar-refractivity contribution in [1.82, 2.24) is 0 Å². The summed E-state index contributed by atoms with van der Waals surface area (Å²) in [5.74, 6) is -1.41. The average Bonchev–Trinajstić information content (AvgIpc) is 2.26. The van der Waals surface area contributed by atoms with Gasteiger partial charge in [0.25, 0.3) is 0 Å². The van der Waals surface area contributed by atoms with Crippen LogP contribution in [-0.2, 0) is 19.4 Å². The monoisotopic (exact) mass is 246 g/mol. The van der Waals surface area contributed by atoms with Crippen molar-refractivity contribution in [2.24, 2.45) is 0 Å². The van der Waals surface area contributed by atoms with Crippen LogP contribution in [0.4, 0.5) is 0 Å². The Morgan fingerprint density at radius 3 is 2.35 bits per heavy atom. The molecule has 0 rings (SSSR count). The lowest BCUT2D eigenvalue weighted by molar-refractivity contribution is -0.258. The lowest BCUT2D eigenvalue weighted by Crippen LogP contribution is -2.17. The fourth-order valence-corrected chi connectivity index (χ4v) is 1.42. The second kappa shape index (κ2) is 10.1. The molecule has 5 nitrogen and oxygen atoms in total. The fourth-order valence-electron chi connectivity index (χ4n) is 1.42. The molecule has 0 amide bonds. The third-order valence-corrected chi connectivity index (χ3v) is 2.30. The third kappa shape index (κ3) is 11.2. The summed E-state index contributed by atoms with van der Waals surface area (Å²) in [5, 5.41) is 9.50. The predicted molar refractivity (Wildman–Crippen MR) is 61.9 cm³/mol. The first-order valence-electron chi connectivity index (χ1n) is 6.12.